The molecule has 1 spiro atoms. The highest BCUT2D eigenvalue weighted by Gasteiger charge is 2.52. The van der Waals surface area contributed by atoms with E-state index in [0.717, 1.165) is 5.41 Å². The van der Waals surface area contributed by atoms with E-state index in [9.17, 15) is 0 Å². The molecule has 0 bridgehead atoms. The van der Waals surface area contributed by atoms with Crippen molar-refractivity contribution >= 4 is 0 Å². The quantitative estimate of drug-likeness (QED) is 0.496. The SMILES string of the molecule is CC1(C)CCC12CCCCC2. The van der Waals surface area contributed by atoms with Gasteiger partial charge in [0.05, 0.1) is 0 Å². The van der Waals surface area contributed by atoms with E-state index < -0.39 is 0 Å². The van der Waals surface area contributed by atoms with Crippen LogP contribution in [0.5, 0.6) is 0 Å². The van der Waals surface area contributed by atoms with Crippen LogP contribution in [0.2, 0.25) is 0 Å². The number of rotatable bonds is 0. The second-order valence-corrected chi connectivity index (χ2v) is 5.22. The van der Waals surface area contributed by atoms with Crippen LogP contribution in [0.1, 0.15) is 58.8 Å². The Labute approximate surface area is 70.4 Å². The van der Waals surface area contributed by atoms with E-state index in [-0.39, 0.29) is 0 Å². The fourth-order valence-electron chi connectivity index (χ4n) is 3.13. The predicted octanol–water partition coefficient (Wildman–Crippen LogP) is 3.76. The van der Waals surface area contributed by atoms with E-state index >= 15 is 0 Å². The molecule has 64 valence electrons. The lowest BCUT2D eigenvalue weighted by Gasteiger charge is -2.58. The van der Waals surface area contributed by atoms with Crippen LogP contribution in [0.15, 0.2) is 0 Å². The van der Waals surface area contributed by atoms with Crippen LogP contribution in [0.4, 0.5) is 0 Å². The molecule has 0 aromatic rings. The molecule has 0 heteroatoms. The van der Waals surface area contributed by atoms with Gasteiger partial charge in [0.25, 0.3) is 0 Å². The van der Waals surface area contributed by atoms with E-state index in [4.69, 9.17) is 0 Å². The van der Waals surface area contributed by atoms with Crippen molar-refractivity contribution in [2.75, 3.05) is 0 Å². The molecule has 0 heterocycles. The molecule has 0 atom stereocenters. The summed E-state index contributed by atoms with van der Waals surface area (Å²) in [5.74, 6) is 0. The summed E-state index contributed by atoms with van der Waals surface area (Å²) < 4.78 is 0. The Bertz CT molecular complexity index is 149. The van der Waals surface area contributed by atoms with Gasteiger partial charge in [0.15, 0.2) is 0 Å². The van der Waals surface area contributed by atoms with Gasteiger partial charge in [-0.3, -0.25) is 0 Å². The van der Waals surface area contributed by atoms with Crippen LogP contribution in [-0.2, 0) is 0 Å². The van der Waals surface area contributed by atoms with Crippen LogP contribution < -0.4 is 0 Å². The third-order valence-corrected chi connectivity index (χ3v) is 4.47. The van der Waals surface area contributed by atoms with Gasteiger partial charge in [0, 0.05) is 0 Å². The van der Waals surface area contributed by atoms with Crippen molar-refractivity contribution in [2.24, 2.45) is 10.8 Å². The summed E-state index contributed by atoms with van der Waals surface area (Å²) in [6.07, 6.45) is 10.6. The van der Waals surface area contributed by atoms with Gasteiger partial charge in [0.2, 0.25) is 0 Å². The molecule has 0 nitrogen and oxygen atoms in total. The zero-order valence-electron chi connectivity index (χ0n) is 7.95. The average Bonchev–Trinajstić information content (AvgIpc) is 2.04. The van der Waals surface area contributed by atoms with Gasteiger partial charge in [0.1, 0.15) is 0 Å². The van der Waals surface area contributed by atoms with Crippen LogP contribution in [-0.4, -0.2) is 0 Å². The minimum absolute atomic E-state index is 0.688. The minimum atomic E-state index is 0.688. The molecule has 0 N–H and O–H groups in total. The molecule has 2 fully saturated rings. The van der Waals surface area contributed by atoms with Crippen molar-refractivity contribution < 1.29 is 0 Å². The molecular weight excluding hydrogens is 132 g/mol. The lowest BCUT2D eigenvalue weighted by Crippen LogP contribution is -2.48. The molecule has 2 aliphatic rings. The maximum absolute atomic E-state index is 2.47. The maximum Gasteiger partial charge on any atom is -0.0246 e. The summed E-state index contributed by atoms with van der Waals surface area (Å²) in [4.78, 5) is 0. The standard InChI is InChI=1S/C11H20/c1-10(2)8-9-11(10)6-4-3-5-7-11/h3-9H2,1-2H3. The molecular formula is C11H20. The van der Waals surface area contributed by atoms with Crippen LogP contribution in [0, 0.1) is 10.8 Å². The molecule has 2 rings (SSSR count). The summed E-state index contributed by atoms with van der Waals surface area (Å²) in [5, 5.41) is 0. The van der Waals surface area contributed by atoms with E-state index in [1.165, 1.54) is 44.9 Å². The summed E-state index contributed by atoms with van der Waals surface area (Å²) >= 11 is 0. The van der Waals surface area contributed by atoms with E-state index in [1.807, 2.05) is 0 Å². The molecule has 0 radical (unpaired) electrons. The molecule has 0 aromatic carbocycles. The normalized spacial score (nSPS) is 33.3. The molecule has 11 heavy (non-hydrogen) atoms. The number of hydrogen-bond acceptors (Lipinski definition) is 0. The zero-order valence-corrected chi connectivity index (χ0v) is 7.95. The second kappa shape index (κ2) is 2.24. The first-order valence-corrected chi connectivity index (χ1v) is 5.16. The summed E-state index contributed by atoms with van der Waals surface area (Å²) in [6.45, 7) is 4.95. The Balaban J connectivity index is 2.09. The second-order valence-electron chi connectivity index (χ2n) is 5.22. The van der Waals surface area contributed by atoms with Crippen molar-refractivity contribution in [2.45, 2.75) is 58.8 Å². The molecule has 0 saturated heterocycles. The number of hydrogen-bond donors (Lipinski definition) is 0. The van der Waals surface area contributed by atoms with Gasteiger partial charge in [-0.15, -0.1) is 0 Å². The van der Waals surface area contributed by atoms with Gasteiger partial charge >= 0.3 is 0 Å². The maximum atomic E-state index is 2.47. The third-order valence-electron chi connectivity index (χ3n) is 4.47. The first kappa shape index (κ1) is 7.64. The molecule has 2 aliphatic carbocycles. The van der Waals surface area contributed by atoms with E-state index in [0.29, 0.717) is 5.41 Å². The van der Waals surface area contributed by atoms with Crippen LogP contribution in [0.25, 0.3) is 0 Å². The van der Waals surface area contributed by atoms with Crippen LogP contribution in [0.3, 0.4) is 0 Å². The predicted molar refractivity (Wildman–Crippen MR) is 48.5 cm³/mol. The van der Waals surface area contributed by atoms with Crippen molar-refractivity contribution in [3.8, 4) is 0 Å². The lowest BCUT2D eigenvalue weighted by atomic mass is 9.46. The summed E-state index contributed by atoms with van der Waals surface area (Å²) in [7, 11) is 0. The average molecular weight is 152 g/mol. The van der Waals surface area contributed by atoms with Crippen molar-refractivity contribution in [1.29, 1.82) is 0 Å². The van der Waals surface area contributed by atoms with Gasteiger partial charge in [-0.25, -0.2) is 0 Å². The Hall–Kier alpha value is 0. The highest BCUT2D eigenvalue weighted by atomic mass is 14.6. The molecule has 2 saturated carbocycles. The molecule has 0 amide bonds. The Kier molecular flexibility index (Phi) is 1.56. The lowest BCUT2D eigenvalue weighted by molar-refractivity contribution is -0.0801. The Morgan fingerprint density at radius 3 is 1.64 bits per heavy atom. The molecule has 0 aliphatic heterocycles. The Morgan fingerprint density at radius 1 is 0.727 bits per heavy atom. The first-order chi connectivity index (χ1) is 5.16. The van der Waals surface area contributed by atoms with Gasteiger partial charge < -0.3 is 0 Å². The smallest absolute Gasteiger partial charge is 0.0246 e. The van der Waals surface area contributed by atoms with Crippen molar-refractivity contribution in [3.63, 3.8) is 0 Å². The highest BCUT2D eigenvalue weighted by molar-refractivity contribution is 5.02. The highest BCUT2D eigenvalue weighted by Crippen LogP contribution is 2.63. The topological polar surface area (TPSA) is 0 Å². The fraction of sp³-hybridized carbons (Fsp3) is 1.00. The van der Waals surface area contributed by atoms with Crippen molar-refractivity contribution in [1.82, 2.24) is 0 Å². The van der Waals surface area contributed by atoms with E-state index in [2.05, 4.69) is 13.8 Å². The van der Waals surface area contributed by atoms with Crippen LogP contribution >= 0.6 is 0 Å². The largest absolute Gasteiger partial charge is 0.0594 e. The first-order valence-electron chi connectivity index (χ1n) is 5.16. The monoisotopic (exact) mass is 152 g/mol. The van der Waals surface area contributed by atoms with Gasteiger partial charge in [-0.2, -0.15) is 0 Å². The minimum Gasteiger partial charge on any atom is -0.0594 e. The molecule has 0 unspecified atom stereocenters. The van der Waals surface area contributed by atoms with Gasteiger partial charge in [-0.1, -0.05) is 33.1 Å². The van der Waals surface area contributed by atoms with E-state index in [1.54, 1.807) is 0 Å². The van der Waals surface area contributed by atoms with Crippen molar-refractivity contribution in [3.05, 3.63) is 0 Å². The fourth-order valence-corrected chi connectivity index (χ4v) is 3.13. The summed E-state index contributed by atoms with van der Waals surface area (Å²) in [5.41, 5.74) is 1.48. The summed E-state index contributed by atoms with van der Waals surface area (Å²) in [6, 6.07) is 0. The third kappa shape index (κ3) is 0.947. The van der Waals surface area contributed by atoms with Gasteiger partial charge in [-0.05, 0) is 36.5 Å². The Morgan fingerprint density at radius 2 is 1.36 bits per heavy atom. The molecule has 0 aromatic heterocycles. The zero-order chi connectivity index (χ0) is 7.95.